The molecule has 11 heteroatoms. The van der Waals surface area contributed by atoms with Crippen LogP contribution in [0.25, 0.3) is 0 Å². The lowest BCUT2D eigenvalue weighted by Gasteiger charge is -2.33. The van der Waals surface area contributed by atoms with E-state index < -0.39 is 0 Å². The Kier molecular flexibility index (Phi) is 18.5. The summed E-state index contributed by atoms with van der Waals surface area (Å²) in [4.78, 5) is 10.8. The van der Waals surface area contributed by atoms with Crippen molar-refractivity contribution in [2.24, 2.45) is 0 Å². The largest absolute Gasteiger partial charge is 0.494 e. The first kappa shape index (κ1) is 35.5. The van der Waals surface area contributed by atoms with Crippen LogP contribution in [0.2, 0.25) is 0 Å². The van der Waals surface area contributed by atoms with Crippen molar-refractivity contribution in [3.05, 3.63) is 41.1 Å². The van der Waals surface area contributed by atoms with Gasteiger partial charge in [-0.3, -0.25) is 9.88 Å². The molecule has 2 aromatic rings. The molecule has 2 aromatic heterocycles. The predicted molar refractivity (Wildman–Crippen MR) is 160 cm³/mol. The minimum Gasteiger partial charge on any atom is -0.494 e. The summed E-state index contributed by atoms with van der Waals surface area (Å²) in [6.45, 7) is 11.3. The number of rotatable bonds is 4. The third-order valence-electron chi connectivity index (χ3n) is 5.22. The van der Waals surface area contributed by atoms with Crippen LogP contribution in [-0.2, 0) is 6.54 Å². The second-order valence-electron chi connectivity index (χ2n) is 7.75. The molecule has 0 saturated carbocycles. The zero-order valence-electron chi connectivity index (χ0n) is 20.3. The molecule has 0 amide bonds. The third-order valence-corrected chi connectivity index (χ3v) is 5.22. The first-order valence-electron chi connectivity index (χ1n) is 10.7. The van der Waals surface area contributed by atoms with Gasteiger partial charge in [0.25, 0.3) is 5.88 Å². The van der Waals surface area contributed by atoms with E-state index >= 15 is 0 Å². The zero-order valence-corrected chi connectivity index (χ0v) is 25.6. The summed E-state index contributed by atoms with van der Waals surface area (Å²) in [6, 6.07) is 5.77. The number of pyridine rings is 2. The first-order chi connectivity index (χ1) is 14.5. The SMILES string of the molecule is CCOc1cc(C)nc(C)c1.C[C@H]1CCCCN1Cc1nc2c(cc1F)OCCO2.I.S.S.S. The van der Waals surface area contributed by atoms with Gasteiger partial charge in [-0.05, 0) is 47.1 Å². The van der Waals surface area contributed by atoms with Crippen molar-refractivity contribution in [2.45, 2.75) is 59.5 Å². The highest BCUT2D eigenvalue weighted by molar-refractivity contribution is 14.0. The second-order valence-corrected chi connectivity index (χ2v) is 7.75. The van der Waals surface area contributed by atoms with Gasteiger partial charge in [0, 0.05) is 42.2 Å². The summed E-state index contributed by atoms with van der Waals surface area (Å²) in [7, 11) is 0. The van der Waals surface area contributed by atoms with Crippen molar-refractivity contribution < 1.29 is 18.6 Å². The van der Waals surface area contributed by atoms with Gasteiger partial charge in [0.1, 0.15) is 24.8 Å². The second kappa shape index (κ2) is 17.7. The smallest absolute Gasteiger partial charge is 0.257 e. The summed E-state index contributed by atoms with van der Waals surface area (Å²) < 4.78 is 30.1. The summed E-state index contributed by atoms with van der Waals surface area (Å²) in [5.74, 6) is 1.45. The summed E-state index contributed by atoms with van der Waals surface area (Å²) in [5.41, 5.74) is 2.47. The van der Waals surface area contributed by atoms with Crippen LogP contribution < -0.4 is 14.2 Å². The fourth-order valence-electron chi connectivity index (χ4n) is 3.73. The number of nitrogens with zero attached hydrogens (tertiary/aromatic N) is 3. The number of piperidine rings is 1. The minimum absolute atomic E-state index is 0. The van der Waals surface area contributed by atoms with E-state index in [1.165, 1.54) is 25.3 Å². The van der Waals surface area contributed by atoms with Gasteiger partial charge in [0.2, 0.25) is 0 Å². The number of hydrogen-bond acceptors (Lipinski definition) is 6. The van der Waals surface area contributed by atoms with Crippen LogP contribution in [0.15, 0.2) is 18.2 Å². The number of aryl methyl sites for hydroxylation is 2. The topological polar surface area (TPSA) is 56.7 Å². The van der Waals surface area contributed by atoms with Crippen molar-refractivity contribution in [2.75, 3.05) is 26.4 Å². The molecule has 6 nitrogen and oxygen atoms in total. The number of hydrogen-bond donors (Lipinski definition) is 0. The van der Waals surface area contributed by atoms with Crippen LogP contribution in [0.1, 0.15) is 50.2 Å². The first-order valence-corrected chi connectivity index (χ1v) is 10.7. The van der Waals surface area contributed by atoms with Crippen molar-refractivity contribution in [3.63, 3.8) is 0 Å². The Morgan fingerprint density at radius 3 is 2.29 bits per heavy atom. The molecule has 0 radical (unpaired) electrons. The van der Waals surface area contributed by atoms with E-state index in [4.69, 9.17) is 14.2 Å². The Bertz CT molecular complexity index is 847. The molecule has 0 aliphatic carbocycles. The van der Waals surface area contributed by atoms with Crippen LogP contribution in [0.4, 0.5) is 4.39 Å². The lowest BCUT2D eigenvalue weighted by atomic mass is 10.0. The molecule has 1 fully saturated rings. The third kappa shape index (κ3) is 10.5. The zero-order chi connectivity index (χ0) is 21.5. The molecular weight excluding hydrogens is 608 g/mol. The molecule has 34 heavy (non-hydrogen) atoms. The van der Waals surface area contributed by atoms with Gasteiger partial charge < -0.3 is 14.2 Å². The molecule has 2 aliphatic rings. The average molecular weight is 648 g/mol. The standard InChI is InChI=1S/C14H19FN2O2.C9H13NO.HI.3H2S/c1-10-4-2-3-5-17(10)9-12-11(15)8-13-14(16-12)19-7-6-18-13;1-4-11-9-5-7(2)10-8(3)6-9;;;;/h8,10H,2-7,9H2,1H3;5-6H,4H2,1-3H3;1H;3*1H2/t10-;;;;;/m0...../s1. The van der Waals surface area contributed by atoms with Crippen LogP contribution in [0.3, 0.4) is 0 Å². The van der Waals surface area contributed by atoms with Crippen LogP contribution >= 0.6 is 64.5 Å². The Morgan fingerprint density at radius 1 is 1.03 bits per heavy atom. The molecule has 4 rings (SSSR count). The van der Waals surface area contributed by atoms with E-state index in [-0.39, 0.29) is 70.3 Å². The monoisotopic (exact) mass is 647 g/mol. The fraction of sp³-hybridized carbons (Fsp3) is 0.565. The van der Waals surface area contributed by atoms with Crippen molar-refractivity contribution >= 4 is 64.5 Å². The molecule has 0 bridgehead atoms. The molecule has 4 heterocycles. The molecule has 1 atom stereocenters. The van der Waals surface area contributed by atoms with E-state index in [9.17, 15) is 4.39 Å². The van der Waals surface area contributed by atoms with E-state index in [1.807, 2.05) is 32.9 Å². The van der Waals surface area contributed by atoms with E-state index in [1.54, 1.807) is 0 Å². The molecule has 0 unspecified atom stereocenters. The lowest BCUT2D eigenvalue weighted by molar-refractivity contribution is 0.143. The molecule has 0 aromatic carbocycles. The van der Waals surface area contributed by atoms with Crippen molar-refractivity contribution in [3.8, 4) is 17.4 Å². The highest BCUT2D eigenvalue weighted by Crippen LogP contribution is 2.30. The summed E-state index contributed by atoms with van der Waals surface area (Å²) in [6.07, 6.45) is 3.61. The van der Waals surface area contributed by atoms with E-state index in [2.05, 4.69) is 21.8 Å². The minimum atomic E-state index is -0.304. The maximum atomic E-state index is 14.0. The molecule has 0 N–H and O–H groups in total. The number of likely N-dealkylation sites (tertiary alicyclic amines) is 1. The highest BCUT2D eigenvalue weighted by atomic mass is 127. The summed E-state index contributed by atoms with van der Waals surface area (Å²) >= 11 is 0. The average Bonchev–Trinajstić information content (AvgIpc) is 2.70. The van der Waals surface area contributed by atoms with E-state index in [0.717, 1.165) is 23.7 Å². The quantitative estimate of drug-likeness (QED) is 0.414. The van der Waals surface area contributed by atoms with E-state index in [0.29, 0.717) is 49.7 Å². The maximum Gasteiger partial charge on any atom is 0.257 e. The Balaban J connectivity index is 0. The molecule has 196 valence electrons. The fourth-order valence-corrected chi connectivity index (χ4v) is 3.73. The number of aromatic nitrogens is 2. The number of halogens is 2. The Labute approximate surface area is 241 Å². The highest BCUT2D eigenvalue weighted by Gasteiger charge is 2.23. The van der Waals surface area contributed by atoms with Gasteiger partial charge in [0.05, 0.1) is 12.3 Å². The van der Waals surface area contributed by atoms with Crippen molar-refractivity contribution in [1.29, 1.82) is 0 Å². The lowest BCUT2D eigenvalue weighted by Crippen LogP contribution is -2.37. The van der Waals surface area contributed by atoms with Gasteiger partial charge >= 0.3 is 0 Å². The predicted octanol–water partition coefficient (Wildman–Crippen LogP) is 5.42. The molecule has 1 saturated heterocycles. The van der Waals surface area contributed by atoms with Crippen LogP contribution in [0.5, 0.6) is 17.4 Å². The van der Waals surface area contributed by atoms with Crippen LogP contribution in [-0.4, -0.2) is 47.3 Å². The van der Waals surface area contributed by atoms with Gasteiger partial charge in [-0.15, -0.1) is 24.0 Å². The van der Waals surface area contributed by atoms with Gasteiger partial charge in [-0.2, -0.15) is 40.5 Å². The number of ether oxygens (including phenoxy) is 3. The molecule has 2 aliphatic heterocycles. The van der Waals surface area contributed by atoms with Gasteiger partial charge in [0.15, 0.2) is 5.75 Å². The number of fused-ring (bicyclic) bond motifs is 1. The summed E-state index contributed by atoms with van der Waals surface area (Å²) in [5, 5.41) is 0. The van der Waals surface area contributed by atoms with Crippen LogP contribution in [0, 0.1) is 19.7 Å². The normalized spacial score (nSPS) is 16.2. The van der Waals surface area contributed by atoms with Gasteiger partial charge in [-0.1, -0.05) is 6.42 Å². The molecular formula is C23H39FIN3O3S3. The Hall–Kier alpha value is -0.630. The maximum absolute atomic E-state index is 14.0. The molecule has 0 spiro atoms. The Morgan fingerprint density at radius 2 is 1.68 bits per heavy atom. The van der Waals surface area contributed by atoms with Gasteiger partial charge in [-0.25, -0.2) is 9.37 Å². The van der Waals surface area contributed by atoms with Crippen molar-refractivity contribution in [1.82, 2.24) is 14.9 Å².